The third kappa shape index (κ3) is 4.38. The van der Waals surface area contributed by atoms with Crippen molar-refractivity contribution in [1.29, 1.82) is 0 Å². The predicted octanol–water partition coefficient (Wildman–Crippen LogP) is 4.72. The molecule has 0 saturated carbocycles. The Balaban J connectivity index is 1.37. The van der Waals surface area contributed by atoms with Gasteiger partial charge in [0.15, 0.2) is 10.9 Å². The number of benzene rings is 2. The highest BCUT2D eigenvalue weighted by molar-refractivity contribution is 7.22. The van der Waals surface area contributed by atoms with Gasteiger partial charge in [-0.1, -0.05) is 24.7 Å². The third-order valence-corrected chi connectivity index (χ3v) is 6.17. The van der Waals surface area contributed by atoms with Gasteiger partial charge in [-0.2, -0.15) is 0 Å². The summed E-state index contributed by atoms with van der Waals surface area (Å²) in [6.45, 7) is 5.05. The van der Waals surface area contributed by atoms with E-state index in [1.54, 1.807) is 17.0 Å². The highest BCUT2D eigenvalue weighted by Gasteiger charge is 2.24. The van der Waals surface area contributed by atoms with Gasteiger partial charge in [0, 0.05) is 37.8 Å². The van der Waals surface area contributed by atoms with Crippen molar-refractivity contribution in [1.82, 2.24) is 9.88 Å². The van der Waals surface area contributed by atoms with E-state index >= 15 is 0 Å². The van der Waals surface area contributed by atoms with Gasteiger partial charge < -0.3 is 14.5 Å². The van der Waals surface area contributed by atoms with Crippen molar-refractivity contribution in [2.24, 2.45) is 0 Å². The molecule has 5 nitrogen and oxygen atoms in total. The normalized spacial score (nSPS) is 14.4. The first-order chi connectivity index (χ1) is 14.5. The second kappa shape index (κ2) is 8.95. The fourth-order valence-electron chi connectivity index (χ4n) is 3.39. The summed E-state index contributed by atoms with van der Waals surface area (Å²) in [7, 11) is 0. The Morgan fingerprint density at radius 3 is 2.57 bits per heavy atom. The standard InChI is InChI=1S/C22H23F2N3O2S/c1-2-3-12-29-17-6-4-15(5-7-17)21(28)26-8-10-27(11-9-26)22-25-20-18(24)13-16(23)14-19(20)30-22/h4-7,13-14H,2-3,8-12H2,1H3. The Morgan fingerprint density at radius 2 is 1.87 bits per heavy atom. The number of carbonyl (C=O) groups excluding carboxylic acids is 1. The lowest BCUT2D eigenvalue weighted by Crippen LogP contribution is -2.48. The Morgan fingerprint density at radius 1 is 1.13 bits per heavy atom. The Hall–Kier alpha value is -2.74. The smallest absolute Gasteiger partial charge is 0.253 e. The Bertz CT molecular complexity index is 1030. The molecule has 158 valence electrons. The Labute approximate surface area is 177 Å². The molecule has 0 N–H and O–H groups in total. The molecule has 0 bridgehead atoms. The molecule has 1 fully saturated rings. The van der Waals surface area contributed by atoms with Crippen LogP contribution >= 0.6 is 11.3 Å². The summed E-state index contributed by atoms with van der Waals surface area (Å²) in [5.74, 6) is -0.507. The maximum Gasteiger partial charge on any atom is 0.253 e. The molecule has 0 aliphatic carbocycles. The minimum Gasteiger partial charge on any atom is -0.494 e. The number of ether oxygens (including phenoxy) is 1. The molecular weight excluding hydrogens is 408 g/mol. The van der Waals surface area contributed by atoms with E-state index in [-0.39, 0.29) is 11.4 Å². The molecule has 8 heteroatoms. The topological polar surface area (TPSA) is 45.7 Å². The number of fused-ring (bicyclic) bond motifs is 1. The minimum atomic E-state index is -0.650. The summed E-state index contributed by atoms with van der Waals surface area (Å²) in [5.41, 5.74) is 0.819. The van der Waals surface area contributed by atoms with Gasteiger partial charge in [-0.15, -0.1) is 0 Å². The molecule has 0 spiro atoms. The van der Waals surface area contributed by atoms with E-state index in [1.807, 2.05) is 17.0 Å². The fraction of sp³-hybridized carbons (Fsp3) is 0.364. The van der Waals surface area contributed by atoms with Crippen molar-refractivity contribution in [3.63, 3.8) is 0 Å². The number of thiazole rings is 1. The minimum absolute atomic E-state index is 0.0211. The Kier molecular flexibility index (Phi) is 6.13. The number of nitrogens with zero attached hydrogens (tertiary/aromatic N) is 3. The van der Waals surface area contributed by atoms with Crippen molar-refractivity contribution in [3.05, 3.63) is 53.6 Å². The number of anilines is 1. The zero-order valence-corrected chi connectivity index (χ0v) is 17.6. The largest absolute Gasteiger partial charge is 0.494 e. The maximum absolute atomic E-state index is 13.9. The van der Waals surface area contributed by atoms with E-state index in [2.05, 4.69) is 11.9 Å². The van der Waals surface area contributed by atoms with E-state index in [0.717, 1.165) is 24.7 Å². The first kappa shape index (κ1) is 20.5. The van der Waals surface area contributed by atoms with E-state index in [9.17, 15) is 13.6 Å². The lowest BCUT2D eigenvalue weighted by atomic mass is 10.1. The average Bonchev–Trinajstić information content (AvgIpc) is 3.18. The number of unbranched alkanes of at least 4 members (excludes halogenated alkanes) is 1. The monoisotopic (exact) mass is 431 g/mol. The van der Waals surface area contributed by atoms with Gasteiger partial charge in [-0.3, -0.25) is 4.79 Å². The highest BCUT2D eigenvalue weighted by atomic mass is 32.1. The van der Waals surface area contributed by atoms with Crippen LogP contribution in [0.1, 0.15) is 30.1 Å². The van der Waals surface area contributed by atoms with Crippen LogP contribution in [0.2, 0.25) is 0 Å². The van der Waals surface area contributed by atoms with Crippen LogP contribution in [0.5, 0.6) is 5.75 Å². The van der Waals surface area contributed by atoms with Gasteiger partial charge in [-0.25, -0.2) is 13.8 Å². The molecule has 3 aromatic rings. The number of halogens is 2. The van der Waals surface area contributed by atoms with Gasteiger partial charge in [0.2, 0.25) is 0 Å². The number of rotatable bonds is 6. The molecule has 2 heterocycles. The quantitative estimate of drug-likeness (QED) is 0.530. The molecule has 30 heavy (non-hydrogen) atoms. The van der Waals surface area contributed by atoms with Gasteiger partial charge in [0.05, 0.1) is 11.3 Å². The van der Waals surface area contributed by atoms with Crippen LogP contribution in [0.3, 0.4) is 0 Å². The van der Waals surface area contributed by atoms with Crippen LogP contribution in [-0.4, -0.2) is 48.6 Å². The number of amides is 1. The first-order valence-electron chi connectivity index (χ1n) is 10.1. The summed E-state index contributed by atoms with van der Waals surface area (Å²) in [6, 6.07) is 9.39. The highest BCUT2D eigenvalue weighted by Crippen LogP contribution is 2.31. The molecule has 1 aliphatic rings. The summed E-state index contributed by atoms with van der Waals surface area (Å²) >= 11 is 1.27. The first-order valence-corrected chi connectivity index (χ1v) is 10.9. The molecule has 2 aromatic carbocycles. The third-order valence-electron chi connectivity index (χ3n) is 5.11. The van der Waals surface area contributed by atoms with Crippen molar-refractivity contribution >= 4 is 32.6 Å². The molecule has 0 atom stereocenters. The molecule has 1 saturated heterocycles. The van der Waals surface area contributed by atoms with Gasteiger partial charge in [-0.05, 0) is 36.8 Å². The van der Waals surface area contributed by atoms with Gasteiger partial charge in [0.25, 0.3) is 5.91 Å². The van der Waals surface area contributed by atoms with Gasteiger partial charge in [0.1, 0.15) is 17.1 Å². The number of aromatic nitrogens is 1. The summed E-state index contributed by atoms with van der Waals surface area (Å²) < 4.78 is 33.5. The zero-order valence-electron chi connectivity index (χ0n) is 16.7. The summed E-state index contributed by atoms with van der Waals surface area (Å²) in [5, 5.41) is 0.648. The van der Waals surface area contributed by atoms with Crippen LogP contribution in [-0.2, 0) is 0 Å². The second-order valence-electron chi connectivity index (χ2n) is 7.24. The molecule has 1 amide bonds. The molecule has 1 aromatic heterocycles. The number of piperazine rings is 1. The zero-order chi connectivity index (χ0) is 21.1. The van der Waals surface area contributed by atoms with E-state index in [1.165, 1.54) is 17.4 Å². The van der Waals surface area contributed by atoms with E-state index in [0.29, 0.717) is 48.2 Å². The number of carbonyl (C=O) groups is 1. The predicted molar refractivity (Wildman–Crippen MR) is 114 cm³/mol. The molecular formula is C22H23F2N3O2S. The van der Waals surface area contributed by atoms with Crippen molar-refractivity contribution in [2.75, 3.05) is 37.7 Å². The lowest BCUT2D eigenvalue weighted by Gasteiger charge is -2.34. The summed E-state index contributed by atoms with van der Waals surface area (Å²) in [6.07, 6.45) is 2.08. The van der Waals surface area contributed by atoms with Crippen molar-refractivity contribution < 1.29 is 18.3 Å². The molecule has 4 rings (SSSR count). The average molecular weight is 432 g/mol. The van der Waals surface area contributed by atoms with Crippen LogP contribution in [0.25, 0.3) is 10.2 Å². The van der Waals surface area contributed by atoms with Crippen LogP contribution in [0.15, 0.2) is 36.4 Å². The van der Waals surface area contributed by atoms with Crippen LogP contribution in [0.4, 0.5) is 13.9 Å². The number of hydrogen-bond acceptors (Lipinski definition) is 5. The van der Waals surface area contributed by atoms with Crippen molar-refractivity contribution in [3.8, 4) is 5.75 Å². The van der Waals surface area contributed by atoms with Gasteiger partial charge >= 0.3 is 0 Å². The maximum atomic E-state index is 13.9. The van der Waals surface area contributed by atoms with Crippen LogP contribution in [0, 0.1) is 11.6 Å². The SMILES string of the molecule is CCCCOc1ccc(C(=O)N2CCN(c3nc4c(F)cc(F)cc4s3)CC2)cc1. The molecule has 1 aliphatic heterocycles. The lowest BCUT2D eigenvalue weighted by molar-refractivity contribution is 0.0746. The summed E-state index contributed by atoms with van der Waals surface area (Å²) in [4.78, 5) is 20.9. The van der Waals surface area contributed by atoms with Crippen LogP contribution < -0.4 is 9.64 Å². The molecule has 0 unspecified atom stereocenters. The number of hydrogen-bond donors (Lipinski definition) is 0. The second-order valence-corrected chi connectivity index (χ2v) is 8.25. The fourth-order valence-corrected chi connectivity index (χ4v) is 4.45. The molecule has 0 radical (unpaired) electrons. The van der Waals surface area contributed by atoms with E-state index < -0.39 is 11.6 Å². The van der Waals surface area contributed by atoms with E-state index in [4.69, 9.17) is 4.74 Å². The van der Waals surface area contributed by atoms with Crippen molar-refractivity contribution in [2.45, 2.75) is 19.8 Å².